The van der Waals surface area contributed by atoms with E-state index >= 15 is 0 Å². The van der Waals surface area contributed by atoms with E-state index in [2.05, 4.69) is 11.9 Å². The number of rotatable bonds is 15. The van der Waals surface area contributed by atoms with Gasteiger partial charge in [-0.25, -0.2) is 0 Å². The Morgan fingerprint density at radius 3 is 2.07 bits per heavy atom. The van der Waals surface area contributed by atoms with Gasteiger partial charge in [-0.05, 0) is 19.3 Å². The van der Waals surface area contributed by atoms with Gasteiger partial charge in [0.25, 0.3) is 0 Å². The second-order valence-corrected chi connectivity index (χ2v) is 6.93. The lowest BCUT2D eigenvalue weighted by atomic mass is 10.1. The molecule has 0 aliphatic heterocycles. The van der Waals surface area contributed by atoms with Gasteiger partial charge in [0.05, 0.1) is 12.2 Å². The second kappa shape index (κ2) is 14.2. The summed E-state index contributed by atoms with van der Waals surface area (Å²) >= 11 is 0. The first kappa shape index (κ1) is 25.2. The minimum absolute atomic E-state index is 0.0940. The highest BCUT2D eigenvalue weighted by Crippen LogP contribution is 2.34. The van der Waals surface area contributed by atoms with Gasteiger partial charge in [0.1, 0.15) is 11.6 Å². The topological polar surface area (TPSA) is 55.1 Å². The molecule has 1 aromatic rings. The summed E-state index contributed by atoms with van der Waals surface area (Å²) < 4.78 is 62.9. The normalized spacial score (nSPS) is 11.4. The van der Waals surface area contributed by atoms with E-state index in [-0.39, 0.29) is 6.61 Å². The molecule has 0 unspecified atom stereocenters. The maximum absolute atomic E-state index is 13.6. The molecular formula is C21H30F4N2O2. The SMILES string of the molecule is CCCCCCCCCCOCCCCOc1cc(C(F)(F)F)c(C#N)c(F)n1. The number of unbranched alkanes of at least 4 members (excludes halogenated alkanes) is 8. The quantitative estimate of drug-likeness (QED) is 0.187. The highest BCUT2D eigenvalue weighted by Gasteiger charge is 2.36. The summed E-state index contributed by atoms with van der Waals surface area (Å²) in [5.41, 5.74) is -2.50. The molecule has 4 nitrogen and oxygen atoms in total. The number of ether oxygens (including phenoxy) is 2. The number of pyridine rings is 1. The first-order valence-electron chi connectivity index (χ1n) is 10.3. The van der Waals surface area contributed by atoms with Crippen molar-refractivity contribution < 1.29 is 27.0 Å². The molecule has 0 fully saturated rings. The molecule has 0 aromatic carbocycles. The standard InChI is InChI=1S/C21H30F4N2O2/c1-2-3-4-5-6-7-8-9-12-28-13-10-11-14-29-19-15-18(21(23,24)25)17(16-26)20(22)27-19/h15H,2-14H2,1H3. The van der Waals surface area contributed by atoms with Crippen molar-refractivity contribution in [3.8, 4) is 11.9 Å². The predicted octanol–water partition coefficient (Wildman–Crippen LogP) is 6.43. The largest absolute Gasteiger partial charge is 0.478 e. The van der Waals surface area contributed by atoms with Gasteiger partial charge in [0, 0.05) is 19.3 Å². The Bertz CT molecular complexity index is 630. The average Bonchev–Trinajstić information content (AvgIpc) is 2.67. The summed E-state index contributed by atoms with van der Waals surface area (Å²) in [4.78, 5) is 3.27. The van der Waals surface area contributed by atoms with E-state index in [9.17, 15) is 17.6 Å². The molecule has 0 radical (unpaired) electrons. The third-order valence-electron chi connectivity index (χ3n) is 4.44. The van der Waals surface area contributed by atoms with E-state index in [4.69, 9.17) is 14.7 Å². The molecule has 29 heavy (non-hydrogen) atoms. The number of nitrogens with zero attached hydrogens (tertiary/aromatic N) is 2. The number of alkyl halides is 3. The first-order chi connectivity index (χ1) is 13.9. The maximum atomic E-state index is 13.6. The molecule has 1 aromatic heterocycles. The predicted molar refractivity (Wildman–Crippen MR) is 102 cm³/mol. The highest BCUT2D eigenvalue weighted by atomic mass is 19.4. The molecule has 1 heterocycles. The first-order valence-corrected chi connectivity index (χ1v) is 10.3. The molecule has 0 N–H and O–H groups in total. The van der Waals surface area contributed by atoms with Crippen molar-refractivity contribution in [1.29, 1.82) is 5.26 Å². The van der Waals surface area contributed by atoms with Crippen LogP contribution in [0.4, 0.5) is 17.6 Å². The van der Waals surface area contributed by atoms with E-state index in [0.717, 1.165) is 12.8 Å². The number of nitriles is 1. The van der Waals surface area contributed by atoms with Gasteiger partial charge in [-0.1, -0.05) is 51.9 Å². The Morgan fingerprint density at radius 2 is 1.48 bits per heavy atom. The van der Waals surface area contributed by atoms with Crippen LogP contribution in [0, 0.1) is 17.3 Å². The van der Waals surface area contributed by atoms with Crippen molar-refractivity contribution in [1.82, 2.24) is 4.98 Å². The van der Waals surface area contributed by atoms with E-state index in [1.54, 1.807) is 0 Å². The molecule has 0 amide bonds. The van der Waals surface area contributed by atoms with Crippen molar-refractivity contribution >= 4 is 0 Å². The zero-order valence-corrected chi connectivity index (χ0v) is 17.0. The lowest BCUT2D eigenvalue weighted by molar-refractivity contribution is -0.138. The minimum atomic E-state index is -4.85. The van der Waals surface area contributed by atoms with Crippen molar-refractivity contribution in [2.75, 3.05) is 19.8 Å². The molecule has 0 saturated carbocycles. The van der Waals surface area contributed by atoms with Crippen LogP contribution >= 0.6 is 0 Å². The summed E-state index contributed by atoms with van der Waals surface area (Å²) in [6, 6.07) is 1.74. The summed E-state index contributed by atoms with van der Waals surface area (Å²) in [5.74, 6) is -1.96. The Balaban J connectivity index is 2.14. The van der Waals surface area contributed by atoms with Crippen LogP contribution in [0.3, 0.4) is 0 Å². The van der Waals surface area contributed by atoms with Gasteiger partial charge in [-0.2, -0.15) is 27.8 Å². The lowest BCUT2D eigenvalue weighted by Crippen LogP contribution is -2.12. The molecule has 0 bridgehead atoms. The van der Waals surface area contributed by atoms with Gasteiger partial charge >= 0.3 is 6.18 Å². The van der Waals surface area contributed by atoms with Crippen LogP contribution in [0.15, 0.2) is 6.07 Å². The van der Waals surface area contributed by atoms with Gasteiger partial charge < -0.3 is 9.47 Å². The fraction of sp³-hybridized carbons (Fsp3) is 0.714. The van der Waals surface area contributed by atoms with Gasteiger partial charge in [0.2, 0.25) is 11.8 Å². The zero-order chi connectivity index (χ0) is 21.5. The van der Waals surface area contributed by atoms with Crippen molar-refractivity contribution in [3.05, 3.63) is 23.1 Å². The Labute approximate surface area is 170 Å². The van der Waals surface area contributed by atoms with Crippen LogP contribution in [0.2, 0.25) is 0 Å². The van der Waals surface area contributed by atoms with Crippen molar-refractivity contribution in [3.63, 3.8) is 0 Å². The minimum Gasteiger partial charge on any atom is -0.478 e. The van der Waals surface area contributed by atoms with Crippen LogP contribution in [-0.4, -0.2) is 24.8 Å². The van der Waals surface area contributed by atoms with E-state index in [1.807, 2.05) is 0 Å². The fourth-order valence-corrected chi connectivity index (χ4v) is 2.82. The van der Waals surface area contributed by atoms with E-state index in [1.165, 1.54) is 44.6 Å². The third kappa shape index (κ3) is 10.5. The molecule has 0 aliphatic carbocycles. The number of hydrogen-bond donors (Lipinski definition) is 0. The van der Waals surface area contributed by atoms with Crippen molar-refractivity contribution in [2.24, 2.45) is 0 Å². The van der Waals surface area contributed by atoms with Gasteiger partial charge in [0.15, 0.2) is 0 Å². The van der Waals surface area contributed by atoms with E-state index in [0.29, 0.717) is 32.1 Å². The summed E-state index contributed by atoms with van der Waals surface area (Å²) in [6.07, 6.45) is 6.26. The molecule has 8 heteroatoms. The Hall–Kier alpha value is -1.88. The van der Waals surface area contributed by atoms with Crippen molar-refractivity contribution in [2.45, 2.75) is 77.3 Å². The number of aromatic nitrogens is 1. The van der Waals surface area contributed by atoms with Gasteiger partial charge in [-0.3, -0.25) is 0 Å². The smallest absolute Gasteiger partial charge is 0.418 e. The monoisotopic (exact) mass is 418 g/mol. The third-order valence-corrected chi connectivity index (χ3v) is 4.44. The molecule has 1 rings (SSSR count). The molecule has 0 atom stereocenters. The average molecular weight is 418 g/mol. The van der Waals surface area contributed by atoms with Gasteiger partial charge in [-0.15, -0.1) is 0 Å². The Kier molecular flexibility index (Phi) is 12.3. The van der Waals surface area contributed by atoms with Crippen LogP contribution in [0.5, 0.6) is 5.88 Å². The summed E-state index contributed by atoms with van der Waals surface area (Å²) in [6.45, 7) is 3.55. The summed E-state index contributed by atoms with van der Waals surface area (Å²) in [7, 11) is 0. The molecular weight excluding hydrogens is 388 g/mol. The number of halogens is 4. The van der Waals surface area contributed by atoms with Crippen LogP contribution < -0.4 is 4.74 Å². The zero-order valence-electron chi connectivity index (χ0n) is 17.0. The van der Waals surface area contributed by atoms with Crippen LogP contribution in [0.1, 0.15) is 82.3 Å². The molecule has 0 saturated heterocycles. The molecule has 0 spiro atoms. The number of hydrogen-bond acceptors (Lipinski definition) is 4. The fourth-order valence-electron chi connectivity index (χ4n) is 2.82. The van der Waals surface area contributed by atoms with Crippen LogP contribution in [0.25, 0.3) is 0 Å². The van der Waals surface area contributed by atoms with Crippen LogP contribution in [-0.2, 0) is 10.9 Å². The molecule has 0 aliphatic rings. The highest BCUT2D eigenvalue weighted by molar-refractivity contribution is 5.41. The lowest BCUT2D eigenvalue weighted by Gasteiger charge is -2.11. The molecule has 164 valence electrons. The maximum Gasteiger partial charge on any atom is 0.418 e. The summed E-state index contributed by atoms with van der Waals surface area (Å²) in [5, 5.41) is 8.68. The Morgan fingerprint density at radius 1 is 0.931 bits per heavy atom. The van der Waals surface area contributed by atoms with E-state index < -0.39 is 29.1 Å². The second-order valence-electron chi connectivity index (χ2n) is 6.93.